The van der Waals surface area contributed by atoms with Crippen LogP contribution in [-0.2, 0) is 5.54 Å². The van der Waals surface area contributed by atoms with Gasteiger partial charge in [-0.15, -0.1) is 0 Å². The van der Waals surface area contributed by atoms with E-state index < -0.39 is 16.8 Å². The van der Waals surface area contributed by atoms with Crippen molar-refractivity contribution >= 4 is 22.4 Å². The fourth-order valence-electron chi connectivity index (χ4n) is 1.72. The van der Waals surface area contributed by atoms with Gasteiger partial charge in [0.15, 0.2) is 11.5 Å². The van der Waals surface area contributed by atoms with Gasteiger partial charge in [0.2, 0.25) is 0 Å². The summed E-state index contributed by atoms with van der Waals surface area (Å²) in [5.74, 6) is -0.866. The third kappa shape index (κ3) is 1.80. The lowest BCUT2D eigenvalue weighted by molar-refractivity contribution is 0.340. The monoisotopic (exact) mass is 268 g/mol. The van der Waals surface area contributed by atoms with Gasteiger partial charge < -0.3 is 10.2 Å². The molecule has 0 aliphatic rings. The molecule has 0 saturated carbocycles. The molecule has 96 valence electrons. The molecule has 0 atom stereocenters. The molecule has 5 nitrogen and oxygen atoms in total. The molecule has 6 heteroatoms. The molecule has 2 aromatic rings. The molecule has 1 aromatic heterocycles. The predicted molar refractivity (Wildman–Crippen MR) is 69.3 cm³/mol. The van der Waals surface area contributed by atoms with Gasteiger partial charge in [-0.2, -0.15) is 5.10 Å². The number of hydrogen-bond acceptors (Lipinski definition) is 4. The summed E-state index contributed by atoms with van der Waals surface area (Å²) in [4.78, 5) is 12.3. The van der Waals surface area contributed by atoms with Gasteiger partial charge in [0.05, 0.1) is 22.1 Å². The fraction of sp³-hybridized carbons (Fsp3) is 0.333. The molecule has 2 N–H and O–H groups in total. The number of aromatic hydroxyl groups is 2. The highest BCUT2D eigenvalue weighted by Crippen LogP contribution is 2.37. The number of nitrogens with zero attached hydrogens (tertiary/aromatic N) is 2. The molecule has 1 aromatic carbocycles. The molecule has 1 heterocycles. The van der Waals surface area contributed by atoms with Crippen molar-refractivity contribution < 1.29 is 10.2 Å². The third-order valence-corrected chi connectivity index (χ3v) is 2.97. The maximum Gasteiger partial charge on any atom is 0.276 e. The van der Waals surface area contributed by atoms with Gasteiger partial charge in [-0.1, -0.05) is 11.6 Å². The second-order valence-electron chi connectivity index (χ2n) is 5.05. The van der Waals surface area contributed by atoms with E-state index in [-0.39, 0.29) is 16.2 Å². The summed E-state index contributed by atoms with van der Waals surface area (Å²) in [5.41, 5.74) is -0.900. The highest BCUT2D eigenvalue weighted by molar-refractivity contribution is 6.37. The van der Waals surface area contributed by atoms with E-state index in [1.54, 1.807) is 0 Å². The van der Waals surface area contributed by atoms with E-state index in [1.165, 1.54) is 16.9 Å². The highest BCUT2D eigenvalue weighted by atomic mass is 35.5. The Balaban J connectivity index is 2.96. The van der Waals surface area contributed by atoms with Gasteiger partial charge in [0.25, 0.3) is 5.56 Å². The Morgan fingerprint density at radius 1 is 1.33 bits per heavy atom. The number of phenolic OH excluding ortho intramolecular Hbond substituents is 2. The summed E-state index contributed by atoms with van der Waals surface area (Å²) in [6, 6.07) is 1.26. The average Bonchev–Trinajstić information content (AvgIpc) is 2.24. The second-order valence-corrected chi connectivity index (χ2v) is 5.43. The van der Waals surface area contributed by atoms with E-state index in [0.717, 1.165) is 0 Å². The van der Waals surface area contributed by atoms with Crippen LogP contribution >= 0.6 is 11.6 Å². The first-order valence-electron chi connectivity index (χ1n) is 5.36. The molecule has 0 aliphatic carbocycles. The van der Waals surface area contributed by atoms with Crippen LogP contribution in [0, 0.1) is 0 Å². The summed E-state index contributed by atoms with van der Waals surface area (Å²) in [5, 5.41) is 23.4. The molecule has 0 saturated heterocycles. The van der Waals surface area contributed by atoms with Gasteiger partial charge >= 0.3 is 0 Å². The number of hydrogen-bond donors (Lipinski definition) is 2. The van der Waals surface area contributed by atoms with Gasteiger partial charge in [-0.25, -0.2) is 4.68 Å². The molecule has 0 unspecified atom stereocenters. The average molecular weight is 269 g/mol. The van der Waals surface area contributed by atoms with Crippen molar-refractivity contribution in [1.82, 2.24) is 9.78 Å². The Bertz CT molecular complexity index is 686. The zero-order valence-electron chi connectivity index (χ0n) is 10.2. The molecule has 0 amide bonds. The van der Waals surface area contributed by atoms with Gasteiger partial charge in [-0.05, 0) is 26.8 Å². The van der Waals surface area contributed by atoms with Gasteiger partial charge in [0.1, 0.15) is 0 Å². The smallest absolute Gasteiger partial charge is 0.276 e. The Morgan fingerprint density at radius 3 is 2.50 bits per heavy atom. The van der Waals surface area contributed by atoms with Crippen LogP contribution in [-0.4, -0.2) is 20.0 Å². The SMILES string of the molecule is CC(C)(C)n1ncc2cc(O)c(O)c(Cl)c2c1=O. The van der Waals surface area contributed by atoms with Crippen LogP contribution in [0.5, 0.6) is 11.5 Å². The Morgan fingerprint density at radius 2 is 1.94 bits per heavy atom. The van der Waals surface area contributed by atoms with E-state index >= 15 is 0 Å². The molecule has 0 aliphatic heterocycles. The van der Waals surface area contributed by atoms with Crippen LogP contribution in [0.15, 0.2) is 17.1 Å². The lowest BCUT2D eigenvalue weighted by Crippen LogP contribution is -2.35. The summed E-state index contributed by atoms with van der Waals surface area (Å²) >= 11 is 5.91. The Kier molecular flexibility index (Phi) is 2.74. The fourth-order valence-corrected chi connectivity index (χ4v) is 2.01. The van der Waals surface area contributed by atoms with Crippen LogP contribution in [0.25, 0.3) is 10.8 Å². The van der Waals surface area contributed by atoms with Crippen molar-refractivity contribution in [2.24, 2.45) is 0 Å². The minimum Gasteiger partial charge on any atom is -0.504 e. The van der Waals surface area contributed by atoms with Gasteiger partial charge in [0, 0.05) is 5.39 Å². The predicted octanol–water partition coefficient (Wildman–Crippen LogP) is 2.22. The zero-order chi connectivity index (χ0) is 13.7. The van der Waals surface area contributed by atoms with E-state index in [4.69, 9.17) is 11.6 Å². The van der Waals surface area contributed by atoms with E-state index in [0.29, 0.717) is 5.39 Å². The lowest BCUT2D eigenvalue weighted by Gasteiger charge is -2.21. The maximum absolute atomic E-state index is 12.3. The van der Waals surface area contributed by atoms with Crippen LogP contribution in [0.3, 0.4) is 0 Å². The molecule has 0 bridgehead atoms. The topological polar surface area (TPSA) is 75.3 Å². The number of aromatic nitrogens is 2. The lowest BCUT2D eigenvalue weighted by atomic mass is 10.1. The van der Waals surface area contributed by atoms with Crippen molar-refractivity contribution in [3.63, 3.8) is 0 Å². The first kappa shape index (κ1) is 12.7. The number of halogens is 1. The number of benzene rings is 1. The number of rotatable bonds is 0. The standard InChI is InChI=1S/C12H13ClN2O3/c1-12(2,3)15-11(18)8-6(5-14-15)4-7(16)10(17)9(8)13/h4-5,16-17H,1-3H3. The van der Waals surface area contributed by atoms with Crippen molar-refractivity contribution in [3.8, 4) is 11.5 Å². The summed E-state index contributed by atoms with van der Waals surface area (Å²) < 4.78 is 1.29. The zero-order valence-corrected chi connectivity index (χ0v) is 11.0. The van der Waals surface area contributed by atoms with E-state index in [2.05, 4.69) is 5.10 Å². The Hall–Kier alpha value is -1.75. The normalized spacial score (nSPS) is 12.0. The highest BCUT2D eigenvalue weighted by Gasteiger charge is 2.20. The summed E-state index contributed by atoms with van der Waals surface area (Å²) in [6.45, 7) is 5.50. The van der Waals surface area contributed by atoms with Crippen LogP contribution < -0.4 is 5.56 Å². The van der Waals surface area contributed by atoms with Crippen LogP contribution in [0.1, 0.15) is 20.8 Å². The minimum atomic E-state index is -0.498. The van der Waals surface area contributed by atoms with E-state index in [9.17, 15) is 15.0 Å². The molecular formula is C12H13ClN2O3. The van der Waals surface area contributed by atoms with Crippen molar-refractivity contribution in [2.75, 3.05) is 0 Å². The van der Waals surface area contributed by atoms with Crippen LogP contribution in [0.4, 0.5) is 0 Å². The van der Waals surface area contributed by atoms with Crippen molar-refractivity contribution in [3.05, 3.63) is 27.6 Å². The largest absolute Gasteiger partial charge is 0.504 e. The maximum atomic E-state index is 12.3. The quantitative estimate of drug-likeness (QED) is 0.719. The summed E-state index contributed by atoms with van der Waals surface area (Å²) in [7, 11) is 0. The Labute approximate surface area is 108 Å². The van der Waals surface area contributed by atoms with E-state index in [1.807, 2.05) is 20.8 Å². The molecule has 0 radical (unpaired) electrons. The first-order chi connectivity index (χ1) is 8.23. The molecule has 0 fully saturated rings. The molecule has 0 spiro atoms. The first-order valence-corrected chi connectivity index (χ1v) is 5.74. The number of fused-ring (bicyclic) bond motifs is 1. The van der Waals surface area contributed by atoms with Crippen LogP contribution in [0.2, 0.25) is 5.02 Å². The second kappa shape index (κ2) is 3.88. The van der Waals surface area contributed by atoms with Gasteiger partial charge in [-0.3, -0.25) is 4.79 Å². The minimum absolute atomic E-state index is 0.150. The molecular weight excluding hydrogens is 256 g/mol. The molecule has 2 rings (SSSR count). The number of phenols is 2. The van der Waals surface area contributed by atoms with Crippen molar-refractivity contribution in [1.29, 1.82) is 0 Å². The summed E-state index contributed by atoms with van der Waals surface area (Å²) in [6.07, 6.45) is 1.44. The molecule has 18 heavy (non-hydrogen) atoms. The third-order valence-electron chi connectivity index (χ3n) is 2.60. The van der Waals surface area contributed by atoms with Crippen molar-refractivity contribution in [2.45, 2.75) is 26.3 Å².